The molecule has 2 aromatic carbocycles. The topological polar surface area (TPSA) is 38.0 Å². The fourth-order valence-corrected chi connectivity index (χ4v) is 2.12. The summed E-state index contributed by atoms with van der Waals surface area (Å²) in [5.41, 5.74) is 4.38. The first-order chi connectivity index (χ1) is 9.02. The van der Waals surface area contributed by atoms with Gasteiger partial charge in [-0.25, -0.2) is 14.2 Å². The largest absolute Gasteiger partial charge is 0.271 e. The quantitative estimate of drug-likeness (QED) is 0.514. The predicted octanol–water partition coefficient (Wildman–Crippen LogP) is 3.48. The van der Waals surface area contributed by atoms with Crippen molar-refractivity contribution < 1.29 is 8.78 Å². The van der Waals surface area contributed by atoms with Crippen LogP contribution >= 0.6 is 11.6 Å². The van der Waals surface area contributed by atoms with E-state index in [2.05, 4.69) is 5.43 Å². The Kier molecular flexibility index (Phi) is 4.14. The van der Waals surface area contributed by atoms with Crippen LogP contribution in [0.3, 0.4) is 0 Å². The highest BCUT2D eigenvalue weighted by Crippen LogP contribution is 2.28. The zero-order chi connectivity index (χ0) is 14.0. The van der Waals surface area contributed by atoms with E-state index in [1.165, 1.54) is 0 Å². The SMILES string of the molecule is Cc1cccc(C(NN)c2cc(F)c(Cl)cc2F)c1. The smallest absolute Gasteiger partial charge is 0.142 e. The first-order valence-corrected chi connectivity index (χ1v) is 6.08. The summed E-state index contributed by atoms with van der Waals surface area (Å²) in [6.07, 6.45) is 0. The molecular formula is C14H13ClF2N2. The molecule has 0 aliphatic heterocycles. The van der Waals surface area contributed by atoms with Gasteiger partial charge in [0.05, 0.1) is 11.1 Å². The second-order valence-electron chi connectivity index (χ2n) is 4.30. The second-order valence-corrected chi connectivity index (χ2v) is 4.71. The maximum Gasteiger partial charge on any atom is 0.142 e. The molecular weight excluding hydrogens is 270 g/mol. The van der Waals surface area contributed by atoms with E-state index in [1.807, 2.05) is 25.1 Å². The molecule has 0 aliphatic rings. The van der Waals surface area contributed by atoms with Gasteiger partial charge in [-0.15, -0.1) is 0 Å². The highest BCUT2D eigenvalue weighted by Gasteiger charge is 2.19. The molecule has 2 aromatic rings. The third-order valence-electron chi connectivity index (χ3n) is 2.89. The molecule has 0 aromatic heterocycles. The Balaban J connectivity index is 2.51. The molecule has 19 heavy (non-hydrogen) atoms. The van der Waals surface area contributed by atoms with E-state index in [0.29, 0.717) is 0 Å². The maximum absolute atomic E-state index is 13.9. The minimum atomic E-state index is -0.675. The standard InChI is InChI=1S/C14H13ClF2N2/c1-8-3-2-4-9(5-8)14(19-18)10-6-13(17)11(15)7-12(10)16/h2-7,14,19H,18H2,1H3. The Bertz CT molecular complexity index is 602. The lowest BCUT2D eigenvalue weighted by Crippen LogP contribution is -2.29. The summed E-state index contributed by atoms with van der Waals surface area (Å²) in [4.78, 5) is 0. The van der Waals surface area contributed by atoms with Crippen LogP contribution in [-0.2, 0) is 0 Å². The summed E-state index contributed by atoms with van der Waals surface area (Å²) in [5.74, 6) is 4.20. The number of halogens is 3. The first-order valence-electron chi connectivity index (χ1n) is 5.70. The molecule has 0 heterocycles. The molecule has 0 aliphatic carbocycles. The number of nitrogens with one attached hydrogen (secondary N) is 1. The molecule has 2 nitrogen and oxygen atoms in total. The monoisotopic (exact) mass is 282 g/mol. The lowest BCUT2D eigenvalue weighted by molar-refractivity contribution is 0.545. The van der Waals surface area contributed by atoms with Crippen molar-refractivity contribution in [3.63, 3.8) is 0 Å². The van der Waals surface area contributed by atoms with Crippen molar-refractivity contribution in [1.82, 2.24) is 5.43 Å². The summed E-state index contributed by atoms with van der Waals surface area (Å²) in [6.45, 7) is 1.91. The Morgan fingerprint density at radius 3 is 2.53 bits per heavy atom. The van der Waals surface area contributed by atoms with Gasteiger partial charge in [0, 0.05) is 5.56 Å². The lowest BCUT2D eigenvalue weighted by atomic mass is 9.97. The van der Waals surface area contributed by atoms with Crippen molar-refractivity contribution in [2.24, 2.45) is 5.84 Å². The summed E-state index contributed by atoms with van der Waals surface area (Å²) in [7, 11) is 0. The van der Waals surface area contributed by atoms with Crippen LogP contribution in [0.25, 0.3) is 0 Å². The molecule has 0 amide bonds. The van der Waals surface area contributed by atoms with Gasteiger partial charge in [0.25, 0.3) is 0 Å². The van der Waals surface area contributed by atoms with Gasteiger partial charge in [0.1, 0.15) is 11.6 Å². The minimum Gasteiger partial charge on any atom is -0.271 e. The zero-order valence-corrected chi connectivity index (χ0v) is 11.0. The van der Waals surface area contributed by atoms with Crippen LogP contribution in [0.1, 0.15) is 22.7 Å². The number of hydrazine groups is 1. The second kappa shape index (κ2) is 5.65. The van der Waals surface area contributed by atoms with Crippen molar-refractivity contribution in [1.29, 1.82) is 0 Å². The van der Waals surface area contributed by atoms with Gasteiger partial charge in [0.15, 0.2) is 0 Å². The molecule has 100 valence electrons. The van der Waals surface area contributed by atoms with Crippen molar-refractivity contribution in [3.8, 4) is 0 Å². The van der Waals surface area contributed by atoms with E-state index in [0.717, 1.165) is 23.3 Å². The van der Waals surface area contributed by atoms with Gasteiger partial charge >= 0.3 is 0 Å². The Hall–Kier alpha value is -1.49. The summed E-state index contributed by atoms with van der Waals surface area (Å²) in [5, 5.41) is -0.249. The number of hydrogen-bond donors (Lipinski definition) is 2. The lowest BCUT2D eigenvalue weighted by Gasteiger charge is -2.18. The van der Waals surface area contributed by atoms with Crippen LogP contribution in [0, 0.1) is 18.6 Å². The van der Waals surface area contributed by atoms with Crippen LogP contribution < -0.4 is 11.3 Å². The van der Waals surface area contributed by atoms with E-state index >= 15 is 0 Å². The summed E-state index contributed by atoms with van der Waals surface area (Å²) >= 11 is 5.54. The fraction of sp³-hybridized carbons (Fsp3) is 0.143. The van der Waals surface area contributed by atoms with Gasteiger partial charge < -0.3 is 0 Å². The van der Waals surface area contributed by atoms with Crippen LogP contribution in [0.15, 0.2) is 36.4 Å². The molecule has 0 spiro atoms. The van der Waals surface area contributed by atoms with Gasteiger partial charge in [-0.3, -0.25) is 5.84 Å². The van der Waals surface area contributed by atoms with Crippen LogP contribution in [0.5, 0.6) is 0 Å². The molecule has 2 rings (SSSR count). The van der Waals surface area contributed by atoms with E-state index in [-0.39, 0.29) is 10.6 Å². The molecule has 0 radical (unpaired) electrons. The van der Waals surface area contributed by atoms with Crippen LogP contribution in [-0.4, -0.2) is 0 Å². The summed E-state index contributed by atoms with van der Waals surface area (Å²) < 4.78 is 27.4. The van der Waals surface area contributed by atoms with E-state index in [4.69, 9.17) is 17.4 Å². The molecule has 0 saturated carbocycles. The molecule has 3 N–H and O–H groups in total. The number of hydrogen-bond acceptors (Lipinski definition) is 2. The average molecular weight is 283 g/mol. The minimum absolute atomic E-state index is 0.120. The maximum atomic E-state index is 13.9. The van der Waals surface area contributed by atoms with Gasteiger partial charge in [0.2, 0.25) is 0 Å². The third-order valence-corrected chi connectivity index (χ3v) is 3.18. The fourth-order valence-electron chi connectivity index (χ4n) is 1.97. The molecule has 1 atom stereocenters. The van der Waals surface area contributed by atoms with Crippen molar-refractivity contribution in [2.75, 3.05) is 0 Å². The number of nitrogens with two attached hydrogens (primary N) is 1. The normalized spacial score (nSPS) is 12.5. The zero-order valence-electron chi connectivity index (χ0n) is 10.3. The van der Waals surface area contributed by atoms with E-state index in [9.17, 15) is 8.78 Å². The molecule has 5 heteroatoms. The van der Waals surface area contributed by atoms with Crippen molar-refractivity contribution in [2.45, 2.75) is 13.0 Å². The highest BCUT2D eigenvalue weighted by atomic mass is 35.5. The molecule has 0 bridgehead atoms. The summed E-state index contributed by atoms with van der Waals surface area (Å²) in [6, 6.07) is 8.78. The van der Waals surface area contributed by atoms with Crippen molar-refractivity contribution in [3.05, 3.63) is 69.7 Å². The Labute approximate surface area is 115 Å². The first kappa shape index (κ1) is 13.9. The third kappa shape index (κ3) is 2.92. The van der Waals surface area contributed by atoms with Crippen LogP contribution in [0.2, 0.25) is 5.02 Å². The Morgan fingerprint density at radius 1 is 1.16 bits per heavy atom. The van der Waals surface area contributed by atoms with Gasteiger partial charge in [-0.1, -0.05) is 41.4 Å². The predicted molar refractivity (Wildman–Crippen MR) is 71.7 cm³/mol. The van der Waals surface area contributed by atoms with Crippen molar-refractivity contribution >= 4 is 11.6 Å². The van der Waals surface area contributed by atoms with Crippen LogP contribution in [0.4, 0.5) is 8.78 Å². The molecule has 1 unspecified atom stereocenters. The number of aryl methyl sites for hydroxylation is 1. The average Bonchev–Trinajstić information content (AvgIpc) is 2.36. The molecule has 0 saturated heterocycles. The van der Waals surface area contributed by atoms with Gasteiger partial charge in [-0.2, -0.15) is 0 Å². The number of rotatable bonds is 3. The number of benzene rings is 2. The van der Waals surface area contributed by atoms with Gasteiger partial charge in [-0.05, 0) is 24.6 Å². The van der Waals surface area contributed by atoms with E-state index < -0.39 is 17.7 Å². The Morgan fingerprint density at radius 2 is 1.89 bits per heavy atom. The highest BCUT2D eigenvalue weighted by molar-refractivity contribution is 6.30. The molecule has 0 fully saturated rings. The van der Waals surface area contributed by atoms with E-state index in [1.54, 1.807) is 6.07 Å².